The van der Waals surface area contributed by atoms with Gasteiger partial charge in [-0.1, -0.05) is 24.3 Å². The van der Waals surface area contributed by atoms with Crippen molar-refractivity contribution in [3.63, 3.8) is 0 Å². The summed E-state index contributed by atoms with van der Waals surface area (Å²) in [5.74, 6) is 0.482. The molecular formula is C23H27N3O5S. The number of hydrogen-bond acceptors (Lipinski definition) is 6. The van der Waals surface area contributed by atoms with Crippen molar-refractivity contribution in [2.75, 3.05) is 13.7 Å². The minimum absolute atomic E-state index is 0.0503. The number of nitrogens with one attached hydrogen (secondary N) is 2. The van der Waals surface area contributed by atoms with E-state index in [1.54, 1.807) is 63.2 Å². The van der Waals surface area contributed by atoms with Crippen LogP contribution in [0.2, 0.25) is 0 Å². The Labute approximate surface area is 188 Å². The fraction of sp³-hybridized carbons (Fsp3) is 0.304. The van der Waals surface area contributed by atoms with Gasteiger partial charge in [-0.05, 0) is 56.2 Å². The van der Waals surface area contributed by atoms with E-state index in [0.717, 1.165) is 0 Å². The van der Waals surface area contributed by atoms with Crippen molar-refractivity contribution in [2.24, 2.45) is 0 Å². The molecular weight excluding hydrogens is 430 g/mol. The van der Waals surface area contributed by atoms with Gasteiger partial charge in [-0.2, -0.15) is 5.26 Å². The molecule has 0 fully saturated rings. The quantitative estimate of drug-likeness (QED) is 0.559. The van der Waals surface area contributed by atoms with Crippen LogP contribution in [0.3, 0.4) is 0 Å². The number of nitrogens with zero attached hydrogens (tertiary/aromatic N) is 1. The molecule has 0 radical (unpaired) electrons. The van der Waals surface area contributed by atoms with E-state index in [1.165, 1.54) is 19.3 Å². The fourth-order valence-corrected chi connectivity index (χ4v) is 4.46. The van der Waals surface area contributed by atoms with E-state index in [9.17, 15) is 13.2 Å². The van der Waals surface area contributed by atoms with E-state index in [0.29, 0.717) is 22.6 Å². The molecule has 2 aromatic rings. The number of hydrogen-bond donors (Lipinski definition) is 2. The van der Waals surface area contributed by atoms with Crippen molar-refractivity contribution in [3.8, 4) is 17.6 Å². The summed E-state index contributed by atoms with van der Waals surface area (Å²) in [6.45, 7) is 5.23. The van der Waals surface area contributed by atoms with Crippen LogP contribution in [0.1, 0.15) is 31.9 Å². The van der Waals surface area contributed by atoms with Crippen molar-refractivity contribution in [3.05, 3.63) is 59.7 Å². The molecule has 0 bridgehead atoms. The van der Waals surface area contributed by atoms with Gasteiger partial charge in [0.1, 0.15) is 6.07 Å². The Morgan fingerprint density at radius 3 is 2.53 bits per heavy atom. The highest BCUT2D eigenvalue weighted by molar-refractivity contribution is 7.89. The van der Waals surface area contributed by atoms with Gasteiger partial charge in [0, 0.05) is 18.2 Å². The van der Waals surface area contributed by atoms with Crippen molar-refractivity contribution in [2.45, 2.75) is 37.8 Å². The maximum absolute atomic E-state index is 12.7. The average molecular weight is 458 g/mol. The van der Waals surface area contributed by atoms with Gasteiger partial charge in [0.2, 0.25) is 15.9 Å². The molecule has 0 aliphatic heterocycles. The molecule has 1 amide bonds. The van der Waals surface area contributed by atoms with Gasteiger partial charge in [-0.25, -0.2) is 13.1 Å². The Kier molecular flexibility index (Phi) is 8.41. The molecule has 0 saturated heterocycles. The molecule has 9 heteroatoms. The summed E-state index contributed by atoms with van der Waals surface area (Å²) in [5, 5.41) is 11.3. The van der Waals surface area contributed by atoms with E-state index in [1.807, 2.05) is 6.07 Å². The summed E-state index contributed by atoms with van der Waals surface area (Å²) in [5.41, 5.74) is 0.541. The topological polar surface area (TPSA) is 118 Å². The lowest BCUT2D eigenvalue weighted by Crippen LogP contribution is -2.41. The molecule has 0 unspecified atom stereocenters. The molecule has 0 aromatic heterocycles. The largest absolute Gasteiger partial charge is 0.493 e. The Morgan fingerprint density at radius 2 is 1.88 bits per heavy atom. The Bertz CT molecular complexity index is 1130. The number of carbonyl (C=O) groups excluding carboxylic acids is 1. The highest BCUT2D eigenvalue weighted by Crippen LogP contribution is 2.28. The van der Waals surface area contributed by atoms with E-state index in [-0.39, 0.29) is 24.0 Å². The van der Waals surface area contributed by atoms with E-state index in [4.69, 9.17) is 14.7 Å². The summed E-state index contributed by atoms with van der Waals surface area (Å²) in [6, 6.07) is 13.5. The number of amides is 1. The summed E-state index contributed by atoms with van der Waals surface area (Å²) >= 11 is 0. The monoisotopic (exact) mass is 457 g/mol. The molecule has 0 atom stereocenters. The molecule has 8 nitrogen and oxygen atoms in total. The summed E-state index contributed by atoms with van der Waals surface area (Å²) in [6.07, 6.45) is 2.94. The number of benzene rings is 2. The zero-order valence-electron chi connectivity index (χ0n) is 18.5. The molecule has 2 rings (SSSR count). The second-order valence-corrected chi connectivity index (χ2v) is 9.52. The Hall–Kier alpha value is -3.35. The lowest BCUT2D eigenvalue weighted by molar-refractivity contribution is -0.116. The first kappa shape index (κ1) is 24.9. The minimum Gasteiger partial charge on any atom is -0.493 e. The van der Waals surface area contributed by atoms with Crippen LogP contribution in [0, 0.1) is 11.3 Å². The molecule has 32 heavy (non-hydrogen) atoms. The van der Waals surface area contributed by atoms with Crippen molar-refractivity contribution in [1.29, 1.82) is 5.26 Å². The second-order valence-electron chi connectivity index (χ2n) is 7.87. The van der Waals surface area contributed by atoms with Crippen LogP contribution >= 0.6 is 0 Å². The Morgan fingerprint density at radius 1 is 1.16 bits per heavy atom. The van der Waals surface area contributed by atoms with Gasteiger partial charge in [0.25, 0.3) is 0 Å². The minimum atomic E-state index is -3.74. The maximum atomic E-state index is 12.7. The third-order valence-corrected chi connectivity index (χ3v) is 5.92. The van der Waals surface area contributed by atoms with Crippen molar-refractivity contribution in [1.82, 2.24) is 10.0 Å². The molecule has 170 valence electrons. The van der Waals surface area contributed by atoms with Crippen LogP contribution in [0.25, 0.3) is 6.08 Å². The molecule has 2 N–H and O–H groups in total. The van der Waals surface area contributed by atoms with E-state index >= 15 is 0 Å². The lowest BCUT2D eigenvalue weighted by atomic mass is 10.1. The average Bonchev–Trinajstić information content (AvgIpc) is 2.73. The number of sulfonamides is 1. The molecule has 0 aliphatic rings. The normalized spacial score (nSPS) is 11.7. The van der Waals surface area contributed by atoms with Gasteiger partial charge >= 0.3 is 0 Å². The standard InChI is InChI=1S/C23H27N3O5S/c1-23(2,3)26-32(28,29)21-8-6-5-7-18(21)16-25-22(27)12-10-17-9-11-19(31-14-13-24)20(15-17)30-4/h5-12,15,26H,14,16H2,1-4H3,(H,25,27)/b12-10+. The molecule has 0 spiro atoms. The number of methoxy groups -OCH3 is 1. The van der Waals surface area contributed by atoms with Gasteiger partial charge in [-0.15, -0.1) is 0 Å². The second kappa shape index (κ2) is 10.8. The first-order chi connectivity index (χ1) is 15.1. The van der Waals surface area contributed by atoms with Crippen LogP contribution in [0.4, 0.5) is 0 Å². The molecule has 0 aliphatic carbocycles. The van der Waals surface area contributed by atoms with Crippen LogP contribution in [-0.4, -0.2) is 33.6 Å². The van der Waals surface area contributed by atoms with Gasteiger partial charge < -0.3 is 14.8 Å². The highest BCUT2D eigenvalue weighted by atomic mass is 32.2. The predicted molar refractivity (Wildman–Crippen MR) is 121 cm³/mol. The summed E-state index contributed by atoms with van der Waals surface area (Å²) in [7, 11) is -2.25. The van der Waals surface area contributed by atoms with Crippen LogP contribution in [0.5, 0.6) is 11.5 Å². The fourth-order valence-electron chi connectivity index (χ4n) is 2.80. The van der Waals surface area contributed by atoms with Crippen molar-refractivity contribution < 1.29 is 22.7 Å². The number of rotatable bonds is 9. The third kappa shape index (κ3) is 7.41. The van der Waals surface area contributed by atoms with Crippen molar-refractivity contribution >= 4 is 22.0 Å². The SMILES string of the molecule is COc1cc(/C=C/C(=O)NCc2ccccc2S(=O)(=O)NC(C)(C)C)ccc1OCC#N. The predicted octanol–water partition coefficient (Wildman–Crippen LogP) is 3.00. The smallest absolute Gasteiger partial charge is 0.244 e. The number of nitriles is 1. The number of carbonyl (C=O) groups is 1. The third-order valence-electron chi connectivity index (χ3n) is 4.06. The van der Waals surface area contributed by atoms with Gasteiger partial charge in [0.05, 0.1) is 12.0 Å². The molecule has 2 aromatic carbocycles. The highest BCUT2D eigenvalue weighted by Gasteiger charge is 2.24. The van der Waals surface area contributed by atoms with Gasteiger partial charge in [-0.3, -0.25) is 4.79 Å². The van der Waals surface area contributed by atoms with E-state index < -0.39 is 15.6 Å². The van der Waals surface area contributed by atoms with Crippen LogP contribution < -0.4 is 19.5 Å². The van der Waals surface area contributed by atoms with Crippen LogP contribution in [-0.2, 0) is 21.4 Å². The molecule has 0 heterocycles. The lowest BCUT2D eigenvalue weighted by Gasteiger charge is -2.21. The first-order valence-corrected chi connectivity index (χ1v) is 11.3. The summed E-state index contributed by atoms with van der Waals surface area (Å²) < 4.78 is 38.5. The maximum Gasteiger partial charge on any atom is 0.244 e. The van der Waals surface area contributed by atoms with Crippen LogP contribution in [0.15, 0.2) is 53.4 Å². The first-order valence-electron chi connectivity index (χ1n) is 9.81. The zero-order chi connectivity index (χ0) is 23.8. The van der Waals surface area contributed by atoms with Gasteiger partial charge in [0.15, 0.2) is 18.1 Å². The molecule has 0 saturated carbocycles. The van der Waals surface area contributed by atoms with E-state index in [2.05, 4.69) is 10.0 Å². The number of ether oxygens (including phenoxy) is 2. The summed E-state index contributed by atoms with van der Waals surface area (Å²) in [4.78, 5) is 12.4. The Balaban J connectivity index is 2.08. The zero-order valence-corrected chi connectivity index (χ0v) is 19.3.